The zero-order valence-corrected chi connectivity index (χ0v) is 16.0. The van der Waals surface area contributed by atoms with Crippen LogP contribution in [0.5, 0.6) is 0 Å². The summed E-state index contributed by atoms with van der Waals surface area (Å²) in [5.41, 5.74) is 1.20. The van der Waals surface area contributed by atoms with Gasteiger partial charge in [0.1, 0.15) is 6.26 Å². The van der Waals surface area contributed by atoms with Gasteiger partial charge in [-0.25, -0.2) is 4.98 Å². The third kappa shape index (κ3) is 5.14. The molecule has 1 fully saturated rings. The number of carbonyl (C=O) groups excluding carboxylic acids is 1. The van der Waals surface area contributed by atoms with Crippen LogP contribution in [0.25, 0.3) is 0 Å². The molecule has 1 aliphatic rings. The summed E-state index contributed by atoms with van der Waals surface area (Å²) in [6.07, 6.45) is 2.26. The van der Waals surface area contributed by atoms with Gasteiger partial charge < -0.3 is 9.73 Å². The van der Waals surface area contributed by atoms with Crippen LogP contribution >= 0.6 is 0 Å². The summed E-state index contributed by atoms with van der Waals surface area (Å²) in [4.78, 5) is 31.4. The molecule has 9 heteroatoms. The lowest BCUT2D eigenvalue weighted by Crippen LogP contribution is -2.45. The number of piperazine rings is 1. The summed E-state index contributed by atoms with van der Waals surface area (Å²) in [6.45, 7) is 6.92. The van der Waals surface area contributed by atoms with Gasteiger partial charge in [-0.15, -0.1) is 0 Å². The minimum atomic E-state index is -0.331. The summed E-state index contributed by atoms with van der Waals surface area (Å²) < 4.78 is 5.43. The van der Waals surface area contributed by atoms with E-state index in [1.807, 2.05) is 19.1 Å². The molecule has 1 aliphatic heterocycles. The zero-order chi connectivity index (χ0) is 19.9. The Bertz CT molecular complexity index is 814. The lowest BCUT2D eigenvalue weighted by Gasteiger charge is -2.33. The fraction of sp³-hybridized carbons (Fsp3) is 0.474. The van der Waals surface area contributed by atoms with Gasteiger partial charge in [0.25, 0.3) is 11.6 Å². The van der Waals surface area contributed by atoms with E-state index in [0.29, 0.717) is 31.2 Å². The summed E-state index contributed by atoms with van der Waals surface area (Å²) in [6, 6.07) is 6.87. The van der Waals surface area contributed by atoms with Crippen LogP contribution in [0.4, 0.5) is 5.69 Å². The van der Waals surface area contributed by atoms with Gasteiger partial charge in [0, 0.05) is 50.9 Å². The molecule has 0 unspecified atom stereocenters. The van der Waals surface area contributed by atoms with Gasteiger partial charge >= 0.3 is 0 Å². The fourth-order valence-corrected chi connectivity index (χ4v) is 3.18. The summed E-state index contributed by atoms with van der Waals surface area (Å²) >= 11 is 0. The molecule has 0 saturated carbocycles. The Hall–Kier alpha value is -2.78. The molecule has 2 aromatic rings. The van der Waals surface area contributed by atoms with Crippen LogP contribution in [-0.2, 0) is 13.1 Å². The van der Waals surface area contributed by atoms with E-state index in [4.69, 9.17) is 4.42 Å². The molecule has 3 rings (SSSR count). The number of hydrogen-bond donors (Lipinski definition) is 1. The second kappa shape index (κ2) is 9.43. The molecule has 0 radical (unpaired) electrons. The number of nitrogens with one attached hydrogen (secondary N) is 1. The fourth-order valence-electron chi connectivity index (χ4n) is 3.18. The van der Waals surface area contributed by atoms with Gasteiger partial charge in [-0.2, -0.15) is 0 Å². The number of carbonyl (C=O) groups is 1. The highest BCUT2D eigenvalue weighted by molar-refractivity contribution is 5.91. The molecule has 0 aliphatic carbocycles. The maximum atomic E-state index is 11.9. The van der Waals surface area contributed by atoms with E-state index >= 15 is 0 Å². The van der Waals surface area contributed by atoms with Crippen LogP contribution < -0.4 is 5.32 Å². The van der Waals surface area contributed by atoms with Gasteiger partial charge in [0.15, 0.2) is 5.69 Å². The first-order valence-electron chi connectivity index (χ1n) is 9.46. The first kappa shape index (κ1) is 20.0. The number of amides is 1. The van der Waals surface area contributed by atoms with E-state index in [0.717, 1.165) is 38.2 Å². The molecule has 1 saturated heterocycles. The molecular weight excluding hydrogens is 362 g/mol. The predicted octanol–water partition coefficient (Wildman–Crippen LogP) is 2.04. The molecule has 0 atom stereocenters. The molecule has 0 spiro atoms. The average molecular weight is 387 g/mol. The number of para-hydroxylation sites is 1. The Morgan fingerprint density at radius 3 is 2.57 bits per heavy atom. The first-order valence-corrected chi connectivity index (χ1v) is 9.46. The van der Waals surface area contributed by atoms with Crippen LogP contribution in [0, 0.1) is 10.1 Å². The number of nitrogens with zero attached hydrogens (tertiary/aromatic N) is 4. The van der Waals surface area contributed by atoms with Crippen molar-refractivity contribution in [3.63, 3.8) is 0 Å². The average Bonchev–Trinajstić information content (AvgIpc) is 3.16. The number of hydrogen-bond acceptors (Lipinski definition) is 7. The summed E-state index contributed by atoms with van der Waals surface area (Å²) in [5.74, 6) is 0.305. The van der Waals surface area contributed by atoms with E-state index in [1.165, 1.54) is 6.26 Å². The summed E-state index contributed by atoms with van der Waals surface area (Å²) in [7, 11) is 0. The van der Waals surface area contributed by atoms with Crippen molar-refractivity contribution < 1.29 is 14.1 Å². The van der Waals surface area contributed by atoms with Crippen LogP contribution in [0.1, 0.15) is 35.3 Å². The maximum Gasteiger partial charge on any atom is 0.273 e. The molecule has 1 N–H and O–H groups in total. The molecule has 9 nitrogen and oxygen atoms in total. The Kier molecular flexibility index (Phi) is 6.72. The standard InChI is InChI=1S/C19H25N5O4/c1-2-7-20-19(25)16-14-28-18(21-16)13-23-10-8-22(9-11-23)12-15-5-3-4-6-17(15)24(26)27/h3-6,14H,2,7-13H2,1H3,(H,20,25). The third-order valence-electron chi connectivity index (χ3n) is 4.73. The number of oxazole rings is 1. The van der Waals surface area contributed by atoms with Gasteiger partial charge in [-0.1, -0.05) is 25.1 Å². The quantitative estimate of drug-likeness (QED) is 0.546. The van der Waals surface area contributed by atoms with Crippen molar-refractivity contribution in [1.82, 2.24) is 20.1 Å². The Morgan fingerprint density at radius 1 is 1.21 bits per heavy atom. The van der Waals surface area contributed by atoms with Crippen molar-refractivity contribution in [3.05, 3.63) is 57.8 Å². The Morgan fingerprint density at radius 2 is 1.89 bits per heavy atom. The zero-order valence-electron chi connectivity index (χ0n) is 16.0. The van der Waals surface area contributed by atoms with Crippen molar-refractivity contribution in [2.75, 3.05) is 32.7 Å². The topological polar surface area (TPSA) is 105 Å². The molecule has 0 bridgehead atoms. The largest absolute Gasteiger partial charge is 0.447 e. The first-order chi connectivity index (χ1) is 13.6. The number of nitro benzene ring substituents is 1. The number of nitro groups is 1. The van der Waals surface area contributed by atoms with Crippen molar-refractivity contribution in [1.29, 1.82) is 0 Å². The second-order valence-electron chi connectivity index (χ2n) is 6.82. The molecule has 28 heavy (non-hydrogen) atoms. The monoisotopic (exact) mass is 387 g/mol. The minimum Gasteiger partial charge on any atom is -0.447 e. The maximum absolute atomic E-state index is 11.9. The highest BCUT2D eigenvalue weighted by Crippen LogP contribution is 2.20. The second-order valence-corrected chi connectivity index (χ2v) is 6.82. The Labute approximate surface area is 163 Å². The van der Waals surface area contributed by atoms with E-state index in [9.17, 15) is 14.9 Å². The van der Waals surface area contributed by atoms with Crippen LogP contribution in [-0.4, -0.2) is 58.3 Å². The lowest BCUT2D eigenvalue weighted by atomic mass is 10.1. The minimum absolute atomic E-state index is 0.165. The highest BCUT2D eigenvalue weighted by Gasteiger charge is 2.22. The van der Waals surface area contributed by atoms with E-state index in [2.05, 4.69) is 20.1 Å². The number of benzene rings is 1. The molecule has 1 aromatic heterocycles. The van der Waals surface area contributed by atoms with Crippen molar-refractivity contribution in [2.45, 2.75) is 26.4 Å². The van der Waals surface area contributed by atoms with Crippen LogP contribution in [0.15, 0.2) is 34.9 Å². The van der Waals surface area contributed by atoms with Crippen molar-refractivity contribution in [3.8, 4) is 0 Å². The third-order valence-corrected chi connectivity index (χ3v) is 4.73. The number of aromatic nitrogens is 1. The Balaban J connectivity index is 1.49. The molecular formula is C19H25N5O4. The smallest absolute Gasteiger partial charge is 0.273 e. The van der Waals surface area contributed by atoms with E-state index in [1.54, 1.807) is 12.1 Å². The molecule has 1 amide bonds. The normalized spacial score (nSPS) is 15.5. The summed E-state index contributed by atoms with van der Waals surface area (Å²) in [5, 5.41) is 13.9. The van der Waals surface area contributed by atoms with Gasteiger partial charge in [0.2, 0.25) is 5.89 Å². The lowest BCUT2D eigenvalue weighted by molar-refractivity contribution is -0.385. The number of rotatable bonds is 8. The molecule has 2 heterocycles. The van der Waals surface area contributed by atoms with Crippen molar-refractivity contribution >= 4 is 11.6 Å². The molecule has 150 valence electrons. The predicted molar refractivity (Wildman–Crippen MR) is 103 cm³/mol. The van der Waals surface area contributed by atoms with Gasteiger partial charge in [0.05, 0.1) is 11.5 Å². The SMILES string of the molecule is CCCNC(=O)c1coc(CN2CCN(Cc3ccccc3[N+](=O)[O-])CC2)n1. The molecule has 1 aromatic carbocycles. The highest BCUT2D eigenvalue weighted by atomic mass is 16.6. The van der Waals surface area contributed by atoms with Crippen molar-refractivity contribution in [2.24, 2.45) is 0 Å². The van der Waals surface area contributed by atoms with Gasteiger partial charge in [-0.3, -0.25) is 24.7 Å². The van der Waals surface area contributed by atoms with E-state index in [-0.39, 0.29) is 16.5 Å². The van der Waals surface area contributed by atoms with Crippen LogP contribution in [0.2, 0.25) is 0 Å². The van der Waals surface area contributed by atoms with Gasteiger partial charge in [-0.05, 0) is 6.42 Å². The van der Waals surface area contributed by atoms with Crippen LogP contribution in [0.3, 0.4) is 0 Å². The van der Waals surface area contributed by atoms with E-state index < -0.39 is 0 Å².